The van der Waals surface area contributed by atoms with E-state index in [1.54, 1.807) is 69.2 Å². The molecule has 0 saturated heterocycles. The van der Waals surface area contributed by atoms with Gasteiger partial charge in [-0.05, 0) is 31.6 Å². The van der Waals surface area contributed by atoms with E-state index < -0.39 is 128 Å². The van der Waals surface area contributed by atoms with Crippen molar-refractivity contribution in [2.75, 3.05) is 13.2 Å². The first-order chi connectivity index (χ1) is 24.3. The van der Waals surface area contributed by atoms with Crippen LogP contribution in [0.5, 0.6) is 0 Å². The number of aliphatic hydroxyl groups is 6. The monoisotopic (exact) mass is 752 g/mol. The van der Waals surface area contributed by atoms with Crippen LogP contribution in [0.15, 0.2) is 0 Å². The molecule has 52 heavy (non-hydrogen) atoms. The third kappa shape index (κ3) is 14.5. The summed E-state index contributed by atoms with van der Waals surface area (Å²) in [6.45, 7) is 14.7. The van der Waals surface area contributed by atoms with Crippen LogP contribution in [0, 0.1) is 29.6 Å². The van der Waals surface area contributed by atoms with E-state index in [2.05, 4.69) is 0 Å². The molecule has 304 valence electrons. The zero-order chi connectivity index (χ0) is 40.5. The van der Waals surface area contributed by atoms with E-state index in [4.69, 9.17) is 23.7 Å². The Kier molecular flexibility index (Phi) is 23.1. The largest absolute Gasteiger partial charge is 0.454 e. The number of hydrogen-bond donors (Lipinski definition) is 6. The van der Waals surface area contributed by atoms with Crippen molar-refractivity contribution in [1.82, 2.24) is 0 Å². The molecular weight excluding hydrogens is 688 g/mol. The van der Waals surface area contributed by atoms with Crippen molar-refractivity contribution in [3.63, 3.8) is 0 Å². The van der Waals surface area contributed by atoms with Crippen LogP contribution in [0.3, 0.4) is 0 Å². The van der Waals surface area contributed by atoms with Gasteiger partial charge in [-0.1, -0.05) is 75.7 Å². The van der Waals surface area contributed by atoms with Crippen LogP contribution in [0.4, 0.5) is 0 Å². The molecule has 0 bridgehead atoms. The van der Waals surface area contributed by atoms with Crippen molar-refractivity contribution in [1.29, 1.82) is 0 Å². The summed E-state index contributed by atoms with van der Waals surface area (Å²) >= 11 is 0. The number of hydrogen-bond acceptors (Lipinski definition) is 16. The fraction of sp³-hybridized carbons (Fsp3) is 0.861. The highest BCUT2D eigenvalue weighted by Gasteiger charge is 2.43. The van der Waals surface area contributed by atoms with Gasteiger partial charge < -0.3 is 54.3 Å². The molecule has 0 fully saturated rings. The van der Waals surface area contributed by atoms with Gasteiger partial charge in [-0.2, -0.15) is 0 Å². The molecule has 0 aromatic heterocycles. The Bertz CT molecular complexity index is 1100. The normalized spacial score (nSPS) is 19.8. The summed E-state index contributed by atoms with van der Waals surface area (Å²) in [5.41, 5.74) is 0. The molecule has 0 aliphatic carbocycles. The Morgan fingerprint density at radius 3 is 0.962 bits per heavy atom. The molecule has 0 aliphatic heterocycles. The number of esters is 5. The lowest BCUT2D eigenvalue weighted by Gasteiger charge is -2.32. The van der Waals surface area contributed by atoms with Crippen LogP contribution in [-0.4, -0.2) is 129 Å². The van der Waals surface area contributed by atoms with E-state index in [1.807, 2.05) is 0 Å². The molecule has 16 heteroatoms. The summed E-state index contributed by atoms with van der Waals surface area (Å²) in [4.78, 5) is 66.8. The molecule has 0 heterocycles. The molecule has 14 atom stereocenters. The van der Waals surface area contributed by atoms with E-state index >= 15 is 0 Å². The first kappa shape index (κ1) is 49.1. The van der Waals surface area contributed by atoms with Gasteiger partial charge in [0.05, 0.1) is 13.2 Å². The maximum atomic E-state index is 13.7. The fourth-order valence-electron chi connectivity index (χ4n) is 4.68. The van der Waals surface area contributed by atoms with Crippen LogP contribution >= 0.6 is 0 Å². The van der Waals surface area contributed by atoms with E-state index in [-0.39, 0.29) is 6.42 Å². The van der Waals surface area contributed by atoms with Crippen molar-refractivity contribution in [2.45, 2.75) is 156 Å². The summed E-state index contributed by atoms with van der Waals surface area (Å²) in [5, 5.41) is 59.4. The minimum atomic E-state index is -2.02. The predicted octanol–water partition coefficient (Wildman–Crippen LogP) is 1.20. The SMILES string of the molecule is CC[C@H](C)[C@@H](O)C(=O)O[C@@H](C(=O)O[C@@H](C(=O)O[C@@H](C(=O)O[C@@H](C(=O)O[C@@H]([C@H](O)[C@H](O)CO)[C@H](O)CO)[C@@H](C)CC)[C@@H](C)CC)[C@@H](C)CC)[C@@H](C)CC. The van der Waals surface area contributed by atoms with E-state index in [0.29, 0.717) is 25.7 Å². The molecular formula is C36H64O16. The van der Waals surface area contributed by atoms with Crippen molar-refractivity contribution < 1.29 is 78.3 Å². The lowest BCUT2D eigenvalue weighted by Crippen LogP contribution is -2.51. The van der Waals surface area contributed by atoms with Crippen LogP contribution in [0.25, 0.3) is 0 Å². The van der Waals surface area contributed by atoms with E-state index in [0.717, 1.165) is 0 Å². The maximum absolute atomic E-state index is 13.7. The van der Waals surface area contributed by atoms with Crippen LogP contribution in [-0.2, 0) is 47.7 Å². The van der Waals surface area contributed by atoms with Gasteiger partial charge in [-0.15, -0.1) is 0 Å². The first-order valence-corrected chi connectivity index (χ1v) is 18.3. The number of aliphatic hydroxyl groups excluding tert-OH is 6. The van der Waals surface area contributed by atoms with Gasteiger partial charge in [0.25, 0.3) is 0 Å². The van der Waals surface area contributed by atoms with Gasteiger partial charge >= 0.3 is 29.8 Å². The highest BCUT2D eigenvalue weighted by molar-refractivity contribution is 5.87. The standard InChI is InChI=1S/C36H64O16/c1-11-18(6)25(41)32(43)48-27(19(7)12-2)33(44)49-28(20(8)13-3)34(45)50-29(21(9)14-4)35(46)51-30(22(10)15-5)36(47)52-31(24(40)17-38)26(42)23(39)16-37/h18-31,37-42H,11-17H2,1-10H3/t18-,19-,20-,21-,22-,23+,24+,25+,26+,27+,28+,29+,30+,31+/m0/s1. The predicted molar refractivity (Wildman–Crippen MR) is 185 cm³/mol. The average Bonchev–Trinajstić information content (AvgIpc) is 3.15. The summed E-state index contributed by atoms with van der Waals surface area (Å²) in [6.07, 6.45) is -13.7. The zero-order valence-corrected chi connectivity index (χ0v) is 32.3. The topological polar surface area (TPSA) is 253 Å². The number of rotatable bonds is 25. The van der Waals surface area contributed by atoms with E-state index in [1.165, 1.54) is 0 Å². The second-order valence-corrected chi connectivity index (χ2v) is 13.7. The number of ether oxygens (including phenoxy) is 5. The Morgan fingerprint density at radius 1 is 0.423 bits per heavy atom. The third-order valence-corrected chi connectivity index (χ3v) is 9.71. The lowest BCUT2D eigenvalue weighted by molar-refractivity contribution is -0.201. The summed E-state index contributed by atoms with van der Waals surface area (Å²) in [6, 6.07) is 0. The Morgan fingerprint density at radius 2 is 0.692 bits per heavy atom. The minimum Gasteiger partial charge on any atom is -0.454 e. The van der Waals surface area contributed by atoms with E-state index in [9.17, 15) is 54.6 Å². The van der Waals surface area contributed by atoms with Crippen molar-refractivity contribution in [3.8, 4) is 0 Å². The molecule has 0 saturated carbocycles. The molecule has 0 amide bonds. The fourth-order valence-corrected chi connectivity index (χ4v) is 4.68. The molecule has 6 N–H and O–H groups in total. The molecule has 0 radical (unpaired) electrons. The van der Waals surface area contributed by atoms with Gasteiger partial charge in [0.2, 0.25) is 24.4 Å². The highest BCUT2D eigenvalue weighted by atomic mass is 16.6. The van der Waals surface area contributed by atoms with Crippen LogP contribution < -0.4 is 0 Å². The first-order valence-electron chi connectivity index (χ1n) is 18.3. The Balaban J connectivity index is 6.40. The average molecular weight is 753 g/mol. The zero-order valence-electron chi connectivity index (χ0n) is 32.3. The number of carbonyl (C=O) groups excluding carboxylic acids is 5. The molecule has 0 aromatic carbocycles. The van der Waals surface area contributed by atoms with Crippen molar-refractivity contribution in [2.24, 2.45) is 29.6 Å². The van der Waals surface area contributed by atoms with Gasteiger partial charge in [0, 0.05) is 23.7 Å². The van der Waals surface area contributed by atoms with Crippen LogP contribution in [0.2, 0.25) is 0 Å². The highest BCUT2D eigenvalue weighted by Crippen LogP contribution is 2.25. The Hall–Kier alpha value is -2.89. The maximum Gasteiger partial charge on any atom is 0.348 e. The van der Waals surface area contributed by atoms with Gasteiger partial charge in [-0.25, -0.2) is 24.0 Å². The molecule has 0 aliphatic rings. The van der Waals surface area contributed by atoms with Crippen LogP contribution in [0.1, 0.15) is 101 Å². The molecule has 0 unspecified atom stereocenters. The summed E-state index contributed by atoms with van der Waals surface area (Å²) in [7, 11) is 0. The lowest BCUT2D eigenvalue weighted by atomic mass is 9.98. The van der Waals surface area contributed by atoms with Gasteiger partial charge in [0.15, 0.2) is 12.2 Å². The quantitative estimate of drug-likeness (QED) is 0.0566. The summed E-state index contributed by atoms with van der Waals surface area (Å²) in [5.74, 6) is -8.60. The number of carbonyl (C=O) groups is 5. The van der Waals surface area contributed by atoms with Gasteiger partial charge in [0.1, 0.15) is 18.3 Å². The smallest absolute Gasteiger partial charge is 0.348 e. The Labute approximate surface area is 307 Å². The van der Waals surface area contributed by atoms with Gasteiger partial charge in [-0.3, -0.25) is 0 Å². The second-order valence-electron chi connectivity index (χ2n) is 13.7. The third-order valence-electron chi connectivity index (χ3n) is 9.71. The minimum absolute atomic E-state index is 0.262. The molecule has 16 nitrogen and oxygen atoms in total. The van der Waals surface area contributed by atoms with Crippen molar-refractivity contribution in [3.05, 3.63) is 0 Å². The summed E-state index contributed by atoms with van der Waals surface area (Å²) < 4.78 is 27.4. The second kappa shape index (κ2) is 24.4. The van der Waals surface area contributed by atoms with Crippen molar-refractivity contribution >= 4 is 29.8 Å². The molecule has 0 rings (SSSR count). The molecule has 0 aromatic rings. The molecule has 0 spiro atoms.